The highest BCUT2D eigenvalue weighted by molar-refractivity contribution is 7.89. The third kappa shape index (κ3) is 3.14. The second-order valence-corrected chi connectivity index (χ2v) is 5.74. The second kappa shape index (κ2) is 5.46. The quantitative estimate of drug-likeness (QED) is 0.542. The Morgan fingerprint density at radius 3 is 2.76 bits per heavy atom. The van der Waals surface area contributed by atoms with Gasteiger partial charge in [0.1, 0.15) is 16.5 Å². The molecule has 0 bridgehead atoms. The minimum absolute atomic E-state index is 0.164. The summed E-state index contributed by atoms with van der Waals surface area (Å²) in [6.07, 6.45) is 1.31. The van der Waals surface area contributed by atoms with Crippen LogP contribution in [0.5, 0.6) is 0 Å². The number of hydrogen-bond acceptors (Lipinski definition) is 6. The molecule has 0 saturated carbocycles. The molecule has 21 heavy (non-hydrogen) atoms. The number of nitrogens with zero attached hydrogens (tertiary/aromatic N) is 2. The van der Waals surface area contributed by atoms with Crippen molar-refractivity contribution >= 4 is 21.5 Å². The molecule has 0 atom stereocenters. The number of nitro benzene ring substituents is 1. The lowest BCUT2D eigenvalue weighted by atomic mass is 10.3. The fourth-order valence-corrected chi connectivity index (χ4v) is 2.63. The number of H-pyrrole nitrogens is 1. The molecule has 9 nitrogen and oxygen atoms in total. The number of hydrogen-bond donors (Lipinski definition) is 3. The normalized spacial score (nSPS) is 11.5. The molecule has 1 heterocycles. The topological polar surface area (TPSA) is 144 Å². The van der Waals surface area contributed by atoms with Crippen molar-refractivity contribution in [2.45, 2.75) is 11.4 Å². The molecule has 0 aliphatic heterocycles. The van der Waals surface area contributed by atoms with Gasteiger partial charge in [0.05, 0.1) is 11.1 Å². The minimum atomic E-state index is -4.27. The van der Waals surface area contributed by atoms with Crippen LogP contribution in [0.3, 0.4) is 0 Å². The van der Waals surface area contributed by atoms with Crippen LogP contribution < -0.4 is 10.5 Å². The lowest BCUT2D eigenvalue weighted by Gasteiger charge is -2.07. The first-order valence-electron chi connectivity index (χ1n) is 5.52. The van der Waals surface area contributed by atoms with E-state index in [0.29, 0.717) is 11.6 Å². The van der Waals surface area contributed by atoms with Gasteiger partial charge in [-0.15, -0.1) is 0 Å². The van der Waals surface area contributed by atoms with Crippen molar-refractivity contribution in [3.05, 3.63) is 45.9 Å². The molecule has 1 aromatic carbocycles. The van der Waals surface area contributed by atoms with Crippen LogP contribution in [0, 0.1) is 15.9 Å². The number of nitrogens with two attached hydrogens (primary N) is 1. The summed E-state index contributed by atoms with van der Waals surface area (Å²) < 4.78 is 39.7. The average Bonchev–Trinajstić information content (AvgIpc) is 2.82. The number of rotatable bonds is 5. The Morgan fingerprint density at radius 1 is 1.48 bits per heavy atom. The zero-order valence-electron chi connectivity index (χ0n) is 10.4. The standard InChI is InChI=1S/C10H10FN5O4S/c11-8-2-1-7(16(17)18)3-9(8)21(19,20)14-5-6-4-13-15-10(6)12/h1-4,14H,5H2,(H3,12,13,15). The summed E-state index contributed by atoms with van der Waals surface area (Å²) in [5, 5.41) is 16.6. The molecular weight excluding hydrogens is 305 g/mol. The molecule has 0 fully saturated rings. The Bertz CT molecular complexity index is 788. The molecule has 1 aromatic heterocycles. The first kappa shape index (κ1) is 14.9. The van der Waals surface area contributed by atoms with Crippen LogP contribution in [0.1, 0.15) is 5.56 Å². The molecule has 0 unspecified atom stereocenters. The molecule has 2 aromatic rings. The Morgan fingerprint density at radius 2 is 2.19 bits per heavy atom. The van der Waals surface area contributed by atoms with Crippen molar-refractivity contribution in [1.29, 1.82) is 0 Å². The summed E-state index contributed by atoms with van der Waals surface area (Å²) in [6, 6.07) is 2.25. The molecule has 2 rings (SSSR count). The number of aromatic amines is 1. The molecule has 0 spiro atoms. The van der Waals surface area contributed by atoms with Crippen molar-refractivity contribution in [1.82, 2.24) is 14.9 Å². The zero-order chi connectivity index (χ0) is 15.6. The van der Waals surface area contributed by atoms with E-state index in [2.05, 4.69) is 14.9 Å². The number of anilines is 1. The summed E-state index contributed by atoms with van der Waals surface area (Å²) in [5.74, 6) is -0.925. The number of nitrogens with one attached hydrogen (secondary N) is 2. The highest BCUT2D eigenvalue weighted by Crippen LogP contribution is 2.21. The highest BCUT2D eigenvalue weighted by atomic mass is 32.2. The van der Waals surface area contributed by atoms with E-state index in [1.807, 2.05) is 0 Å². The van der Waals surface area contributed by atoms with Gasteiger partial charge in [-0.05, 0) is 6.07 Å². The number of sulfonamides is 1. The van der Waals surface area contributed by atoms with E-state index in [9.17, 15) is 22.9 Å². The van der Waals surface area contributed by atoms with Crippen LogP contribution in [0.4, 0.5) is 15.9 Å². The van der Waals surface area contributed by atoms with Crippen LogP contribution in [-0.4, -0.2) is 23.5 Å². The van der Waals surface area contributed by atoms with Gasteiger partial charge in [-0.2, -0.15) is 5.10 Å². The molecule has 0 saturated heterocycles. The van der Waals surface area contributed by atoms with E-state index >= 15 is 0 Å². The predicted octanol–water partition coefficient (Wildman–Crippen LogP) is 0.518. The summed E-state index contributed by atoms with van der Waals surface area (Å²) in [4.78, 5) is 9.00. The zero-order valence-corrected chi connectivity index (χ0v) is 11.2. The van der Waals surface area contributed by atoms with Gasteiger partial charge < -0.3 is 5.73 Å². The third-order valence-corrected chi connectivity index (χ3v) is 4.04. The molecule has 4 N–H and O–H groups in total. The molecular formula is C10H10FN5O4S. The summed E-state index contributed by atoms with van der Waals surface area (Å²) in [7, 11) is -4.27. The van der Waals surface area contributed by atoms with Crippen molar-refractivity contribution in [2.75, 3.05) is 5.73 Å². The van der Waals surface area contributed by atoms with Crippen molar-refractivity contribution in [3.8, 4) is 0 Å². The number of non-ortho nitro benzene ring substituents is 1. The second-order valence-electron chi connectivity index (χ2n) is 4.01. The highest BCUT2D eigenvalue weighted by Gasteiger charge is 2.22. The van der Waals surface area contributed by atoms with Crippen molar-refractivity contribution < 1.29 is 17.7 Å². The van der Waals surface area contributed by atoms with Crippen molar-refractivity contribution in [2.24, 2.45) is 0 Å². The Hall–Kier alpha value is -2.53. The molecule has 0 aliphatic carbocycles. The fourth-order valence-electron chi connectivity index (χ4n) is 1.52. The molecule has 0 radical (unpaired) electrons. The summed E-state index contributed by atoms with van der Waals surface area (Å²) >= 11 is 0. The number of benzene rings is 1. The molecule has 112 valence electrons. The average molecular weight is 315 g/mol. The van der Waals surface area contributed by atoms with Crippen LogP contribution >= 0.6 is 0 Å². The SMILES string of the molecule is Nc1[nH]ncc1CNS(=O)(=O)c1cc([N+](=O)[O-])ccc1F. The number of aromatic nitrogens is 2. The van der Waals surface area contributed by atoms with E-state index in [-0.39, 0.29) is 12.4 Å². The summed E-state index contributed by atoms with van der Waals surface area (Å²) in [6.45, 7) is -0.229. The number of nitro groups is 1. The van der Waals surface area contributed by atoms with E-state index in [1.165, 1.54) is 6.20 Å². The first-order chi connectivity index (χ1) is 9.81. The first-order valence-corrected chi connectivity index (χ1v) is 7.01. The van der Waals surface area contributed by atoms with Gasteiger partial charge in [-0.1, -0.05) is 0 Å². The van der Waals surface area contributed by atoms with E-state index in [1.54, 1.807) is 0 Å². The molecule has 0 aliphatic rings. The van der Waals surface area contributed by atoms with Crippen LogP contribution in [-0.2, 0) is 16.6 Å². The Labute approximate surface area is 118 Å². The summed E-state index contributed by atoms with van der Waals surface area (Å²) in [5.41, 5.74) is 5.32. The predicted molar refractivity (Wildman–Crippen MR) is 70.1 cm³/mol. The van der Waals surface area contributed by atoms with Gasteiger partial charge in [0.2, 0.25) is 10.0 Å². The van der Waals surface area contributed by atoms with Gasteiger partial charge in [-0.3, -0.25) is 15.2 Å². The van der Waals surface area contributed by atoms with Crippen LogP contribution in [0.15, 0.2) is 29.3 Å². The van der Waals surface area contributed by atoms with Gasteiger partial charge in [0.25, 0.3) is 5.69 Å². The van der Waals surface area contributed by atoms with Gasteiger partial charge >= 0.3 is 0 Å². The maximum atomic E-state index is 13.6. The maximum absolute atomic E-state index is 13.6. The minimum Gasteiger partial charge on any atom is -0.384 e. The molecule has 11 heteroatoms. The van der Waals surface area contributed by atoms with E-state index < -0.39 is 31.3 Å². The van der Waals surface area contributed by atoms with Gasteiger partial charge in [0.15, 0.2) is 0 Å². The lowest BCUT2D eigenvalue weighted by molar-refractivity contribution is -0.385. The lowest BCUT2D eigenvalue weighted by Crippen LogP contribution is -2.24. The van der Waals surface area contributed by atoms with Crippen LogP contribution in [0.2, 0.25) is 0 Å². The fraction of sp³-hybridized carbons (Fsp3) is 0.100. The Kier molecular flexibility index (Phi) is 3.86. The monoisotopic (exact) mass is 315 g/mol. The molecule has 0 amide bonds. The van der Waals surface area contributed by atoms with Gasteiger partial charge in [0, 0.05) is 24.2 Å². The smallest absolute Gasteiger partial charge is 0.270 e. The largest absolute Gasteiger partial charge is 0.384 e. The number of nitrogen functional groups attached to an aromatic ring is 1. The number of halogens is 1. The maximum Gasteiger partial charge on any atom is 0.270 e. The Balaban J connectivity index is 2.29. The van der Waals surface area contributed by atoms with Gasteiger partial charge in [-0.25, -0.2) is 17.5 Å². The third-order valence-electron chi connectivity index (χ3n) is 2.62. The van der Waals surface area contributed by atoms with E-state index in [4.69, 9.17) is 5.73 Å². The van der Waals surface area contributed by atoms with Crippen LogP contribution in [0.25, 0.3) is 0 Å². The van der Waals surface area contributed by atoms with Crippen molar-refractivity contribution in [3.63, 3.8) is 0 Å². The van der Waals surface area contributed by atoms with E-state index in [0.717, 1.165) is 12.1 Å².